The Labute approximate surface area is 106 Å². The van der Waals surface area contributed by atoms with E-state index < -0.39 is 0 Å². The zero-order chi connectivity index (χ0) is 11.5. The van der Waals surface area contributed by atoms with E-state index in [2.05, 4.69) is 39.9 Å². The van der Waals surface area contributed by atoms with Gasteiger partial charge in [-0.2, -0.15) is 0 Å². The van der Waals surface area contributed by atoms with Crippen LogP contribution in [0, 0.1) is 0 Å². The number of benzene rings is 1. The third-order valence-electron chi connectivity index (χ3n) is 3.39. The third kappa shape index (κ3) is 2.40. The summed E-state index contributed by atoms with van der Waals surface area (Å²) in [6.07, 6.45) is 3.48. The third-order valence-corrected chi connectivity index (χ3v) is 4.02. The average molecular weight is 244 g/mol. The maximum absolute atomic E-state index is 4.30. The lowest BCUT2D eigenvalue weighted by Crippen LogP contribution is -2.21. The van der Waals surface area contributed by atoms with Gasteiger partial charge in [0.15, 0.2) is 0 Å². The number of aromatic nitrogens is 1. The highest BCUT2D eigenvalue weighted by Gasteiger charge is 2.20. The second-order valence-electron chi connectivity index (χ2n) is 4.47. The number of fused-ring (bicyclic) bond motifs is 1. The van der Waals surface area contributed by atoms with Gasteiger partial charge in [0.05, 0.1) is 11.2 Å². The minimum atomic E-state index is 0.546. The summed E-state index contributed by atoms with van der Waals surface area (Å²) in [5.41, 5.74) is 6.11. The van der Waals surface area contributed by atoms with Crippen LogP contribution >= 0.6 is 11.3 Å². The summed E-state index contributed by atoms with van der Waals surface area (Å²) < 4.78 is 0. The van der Waals surface area contributed by atoms with Crippen LogP contribution in [0.15, 0.2) is 35.2 Å². The zero-order valence-corrected chi connectivity index (χ0v) is 10.5. The molecule has 88 valence electrons. The Balaban J connectivity index is 1.57. The molecular formula is C14H16N2S. The lowest BCUT2D eigenvalue weighted by Gasteiger charge is -2.13. The van der Waals surface area contributed by atoms with Crippen LogP contribution in [0.1, 0.15) is 29.3 Å². The molecule has 1 atom stereocenters. The van der Waals surface area contributed by atoms with E-state index in [0.29, 0.717) is 6.04 Å². The molecular weight excluding hydrogens is 228 g/mol. The number of hydrogen-bond acceptors (Lipinski definition) is 3. The van der Waals surface area contributed by atoms with Crippen molar-refractivity contribution in [2.45, 2.75) is 25.3 Å². The summed E-state index contributed by atoms with van der Waals surface area (Å²) >= 11 is 1.67. The molecule has 2 nitrogen and oxygen atoms in total. The summed E-state index contributed by atoms with van der Waals surface area (Å²) in [5.74, 6) is 0. The van der Waals surface area contributed by atoms with Gasteiger partial charge in [0, 0.05) is 24.4 Å². The molecule has 3 heteroatoms. The van der Waals surface area contributed by atoms with Crippen LogP contribution in [-0.4, -0.2) is 11.5 Å². The van der Waals surface area contributed by atoms with Gasteiger partial charge in [-0.1, -0.05) is 24.3 Å². The van der Waals surface area contributed by atoms with E-state index in [1.165, 1.54) is 29.7 Å². The van der Waals surface area contributed by atoms with E-state index in [4.69, 9.17) is 0 Å². The predicted octanol–water partition coefficient (Wildman–Crippen LogP) is 2.96. The van der Waals surface area contributed by atoms with Crippen molar-refractivity contribution in [2.24, 2.45) is 0 Å². The van der Waals surface area contributed by atoms with Gasteiger partial charge < -0.3 is 5.32 Å². The van der Waals surface area contributed by atoms with Crippen molar-refractivity contribution >= 4 is 11.3 Å². The molecule has 0 aliphatic heterocycles. The van der Waals surface area contributed by atoms with Gasteiger partial charge in [0.2, 0.25) is 0 Å². The van der Waals surface area contributed by atoms with E-state index in [1.807, 2.05) is 5.51 Å². The number of nitrogens with one attached hydrogen (secondary N) is 1. The largest absolute Gasteiger partial charge is 0.310 e. The van der Waals surface area contributed by atoms with Crippen molar-refractivity contribution in [1.29, 1.82) is 0 Å². The van der Waals surface area contributed by atoms with E-state index in [-0.39, 0.29) is 0 Å². The molecule has 0 amide bonds. The summed E-state index contributed by atoms with van der Waals surface area (Å²) in [6, 6.07) is 9.32. The van der Waals surface area contributed by atoms with Gasteiger partial charge in [-0.3, -0.25) is 0 Å². The smallest absolute Gasteiger partial charge is 0.0794 e. The van der Waals surface area contributed by atoms with Gasteiger partial charge in [0.25, 0.3) is 0 Å². The maximum atomic E-state index is 4.30. The number of hydrogen-bond donors (Lipinski definition) is 1. The van der Waals surface area contributed by atoms with Gasteiger partial charge in [0.1, 0.15) is 0 Å². The van der Waals surface area contributed by atoms with Gasteiger partial charge in [-0.15, -0.1) is 11.3 Å². The second-order valence-corrected chi connectivity index (χ2v) is 5.19. The van der Waals surface area contributed by atoms with Crippen LogP contribution in [0.25, 0.3) is 0 Å². The first-order valence-electron chi connectivity index (χ1n) is 6.12. The monoisotopic (exact) mass is 244 g/mol. The molecule has 1 aliphatic rings. The molecule has 17 heavy (non-hydrogen) atoms. The fourth-order valence-corrected chi connectivity index (χ4v) is 3.10. The quantitative estimate of drug-likeness (QED) is 0.894. The highest BCUT2D eigenvalue weighted by Crippen LogP contribution is 2.30. The molecule has 1 aromatic carbocycles. The molecule has 1 N–H and O–H groups in total. The van der Waals surface area contributed by atoms with Crippen molar-refractivity contribution in [2.75, 3.05) is 6.54 Å². The van der Waals surface area contributed by atoms with Crippen LogP contribution in [0.5, 0.6) is 0 Å². The Morgan fingerprint density at radius 1 is 1.35 bits per heavy atom. The fourth-order valence-electron chi connectivity index (χ4n) is 2.50. The molecule has 0 spiro atoms. The number of rotatable bonds is 4. The Morgan fingerprint density at radius 3 is 3.18 bits per heavy atom. The Kier molecular flexibility index (Phi) is 3.20. The molecule has 0 bridgehead atoms. The van der Waals surface area contributed by atoms with E-state index >= 15 is 0 Å². The lowest BCUT2D eigenvalue weighted by atomic mass is 10.1. The van der Waals surface area contributed by atoms with Crippen LogP contribution in [0.2, 0.25) is 0 Å². The molecule has 0 radical (unpaired) electrons. The molecule has 3 rings (SSSR count). The van der Waals surface area contributed by atoms with Crippen molar-refractivity contribution in [1.82, 2.24) is 10.3 Å². The first-order chi connectivity index (χ1) is 8.43. The van der Waals surface area contributed by atoms with Gasteiger partial charge in [-0.25, -0.2) is 4.98 Å². The first-order valence-corrected chi connectivity index (χ1v) is 7.06. The van der Waals surface area contributed by atoms with E-state index in [1.54, 1.807) is 11.3 Å². The maximum Gasteiger partial charge on any atom is 0.0794 e. The summed E-state index contributed by atoms with van der Waals surface area (Å²) in [6.45, 7) is 1.02. The average Bonchev–Trinajstić information content (AvgIpc) is 2.99. The minimum Gasteiger partial charge on any atom is -0.310 e. The Bertz CT molecular complexity index is 479. The topological polar surface area (TPSA) is 24.9 Å². The van der Waals surface area contributed by atoms with Gasteiger partial charge >= 0.3 is 0 Å². The lowest BCUT2D eigenvalue weighted by molar-refractivity contribution is 0.532. The highest BCUT2D eigenvalue weighted by molar-refractivity contribution is 7.07. The Morgan fingerprint density at radius 2 is 2.29 bits per heavy atom. The minimum absolute atomic E-state index is 0.546. The first kappa shape index (κ1) is 10.9. The van der Waals surface area contributed by atoms with Crippen molar-refractivity contribution in [3.05, 3.63) is 52.0 Å². The molecule has 0 fully saturated rings. The van der Waals surface area contributed by atoms with Crippen LogP contribution in [-0.2, 0) is 12.8 Å². The zero-order valence-electron chi connectivity index (χ0n) is 9.73. The summed E-state index contributed by atoms with van der Waals surface area (Å²) in [7, 11) is 0. The van der Waals surface area contributed by atoms with Crippen molar-refractivity contribution < 1.29 is 0 Å². The highest BCUT2D eigenvalue weighted by atomic mass is 32.1. The van der Waals surface area contributed by atoms with E-state index in [0.717, 1.165) is 13.0 Å². The standard InChI is InChI=1S/C14H16N2S/c1-2-4-13-11(3-1)5-6-14(13)15-8-7-12-9-17-10-16-12/h1-4,9-10,14-15H,5-8H2. The SMILES string of the molecule is c1ccc2c(c1)CCC2NCCc1cscn1. The number of nitrogens with zero attached hydrogens (tertiary/aromatic N) is 1. The molecule has 2 aromatic rings. The fraction of sp³-hybridized carbons (Fsp3) is 0.357. The molecule has 1 unspecified atom stereocenters. The molecule has 1 aromatic heterocycles. The van der Waals surface area contributed by atoms with Crippen LogP contribution in [0.4, 0.5) is 0 Å². The van der Waals surface area contributed by atoms with Crippen LogP contribution in [0.3, 0.4) is 0 Å². The van der Waals surface area contributed by atoms with Crippen molar-refractivity contribution in [3.63, 3.8) is 0 Å². The number of thiazole rings is 1. The predicted molar refractivity (Wildman–Crippen MR) is 71.3 cm³/mol. The number of aryl methyl sites for hydroxylation is 1. The molecule has 0 saturated heterocycles. The molecule has 1 heterocycles. The Hall–Kier alpha value is -1.19. The molecule has 1 aliphatic carbocycles. The summed E-state index contributed by atoms with van der Waals surface area (Å²) in [4.78, 5) is 4.30. The van der Waals surface area contributed by atoms with Gasteiger partial charge in [-0.05, 0) is 24.0 Å². The normalized spacial score (nSPS) is 18.2. The van der Waals surface area contributed by atoms with E-state index in [9.17, 15) is 0 Å². The molecule has 0 saturated carbocycles. The van der Waals surface area contributed by atoms with Crippen molar-refractivity contribution in [3.8, 4) is 0 Å². The van der Waals surface area contributed by atoms with Crippen LogP contribution < -0.4 is 5.32 Å². The summed E-state index contributed by atoms with van der Waals surface area (Å²) in [5, 5.41) is 5.77. The second kappa shape index (κ2) is 4.98.